The van der Waals surface area contributed by atoms with E-state index in [9.17, 15) is 9.59 Å². The zero-order valence-corrected chi connectivity index (χ0v) is 14.3. The molecule has 120 valence electrons. The van der Waals surface area contributed by atoms with Crippen LogP contribution in [0, 0.1) is 0 Å². The first-order chi connectivity index (χ1) is 11.0. The maximum atomic E-state index is 12.1. The van der Waals surface area contributed by atoms with Crippen molar-refractivity contribution in [1.82, 2.24) is 0 Å². The lowest BCUT2D eigenvalue weighted by Gasteiger charge is -2.13. The van der Waals surface area contributed by atoms with E-state index in [0.29, 0.717) is 16.3 Å². The van der Waals surface area contributed by atoms with Crippen molar-refractivity contribution in [2.75, 3.05) is 11.6 Å². The second-order valence-electron chi connectivity index (χ2n) is 4.78. The highest BCUT2D eigenvalue weighted by molar-refractivity contribution is 7.98. The quantitative estimate of drug-likeness (QED) is 0.647. The van der Waals surface area contributed by atoms with E-state index in [1.165, 1.54) is 6.92 Å². The highest BCUT2D eigenvalue weighted by atomic mass is 35.5. The Morgan fingerprint density at radius 3 is 2.48 bits per heavy atom. The molecule has 0 saturated carbocycles. The van der Waals surface area contributed by atoms with Gasteiger partial charge in [0.25, 0.3) is 5.91 Å². The number of hydrogen-bond acceptors (Lipinski definition) is 4. The zero-order chi connectivity index (χ0) is 16.8. The molecule has 1 N–H and O–H groups in total. The van der Waals surface area contributed by atoms with Crippen molar-refractivity contribution in [3.8, 4) is 0 Å². The Morgan fingerprint density at radius 1 is 1.17 bits per heavy atom. The van der Waals surface area contributed by atoms with Crippen LogP contribution in [0.4, 0.5) is 5.69 Å². The van der Waals surface area contributed by atoms with Gasteiger partial charge in [-0.1, -0.05) is 17.7 Å². The second kappa shape index (κ2) is 8.04. The molecule has 0 heterocycles. The zero-order valence-electron chi connectivity index (χ0n) is 12.7. The summed E-state index contributed by atoms with van der Waals surface area (Å²) < 4.78 is 5.18. The molecule has 0 aliphatic carbocycles. The van der Waals surface area contributed by atoms with E-state index in [1.54, 1.807) is 48.2 Å². The van der Waals surface area contributed by atoms with Crippen LogP contribution in [0.25, 0.3) is 0 Å². The van der Waals surface area contributed by atoms with Crippen molar-refractivity contribution in [3.63, 3.8) is 0 Å². The molecule has 0 spiro atoms. The summed E-state index contributed by atoms with van der Waals surface area (Å²) >= 11 is 7.44. The Bertz CT molecular complexity index is 703. The van der Waals surface area contributed by atoms with E-state index in [4.69, 9.17) is 16.3 Å². The summed E-state index contributed by atoms with van der Waals surface area (Å²) in [7, 11) is 0. The first-order valence-corrected chi connectivity index (χ1v) is 8.51. The van der Waals surface area contributed by atoms with Crippen molar-refractivity contribution in [2.24, 2.45) is 0 Å². The molecule has 0 aromatic heterocycles. The fourth-order valence-corrected chi connectivity index (χ4v) is 2.42. The Balaban J connectivity index is 1.95. The molecule has 4 nitrogen and oxygen atoms in total. The summed E-state index contributed by atoms with van der Waals surface area (Å²) in [5, 5.41) is 3.17. The maximum Gasteiger partial charge on any atom is 0.338 e. The van der Waals surface area contributed by atoms with E-state index in [1.807, 2.05) is 18.4 Å². The third-order valence-corrected chi connectivity index (χ3v) is 4.05. The molecule has 0 unspecified atom stereocenters. The molecule has 2 rings (SSSR count). The van der Waals surface area contributed by atoms with E-state index in [2.05, 4.69) is 5.32 Å². The highest BCUT2D eigenvalue weighted by Crippen LogP contribution is 2.17. The molecular formula is C17H16ClNO3S. The van der Waals surface area contributed by atoms with Gasteiger partial charge in [0.1, 0.15) is 0 Å². The first kappa shape index (κ1) is 17.4. The van der Waals surface area contributed by atoms with E-state index >= 15 is 0 Å². The average Bonchev–Trinajstić information content (AvgIpc) is 2.54. The number of hydrogen-bond donors (Lipinski definition) is 1. The Kier molecular flexibility index (Phi) is 6.07. The normalized spacial score (nSPS) is 11.6. The molecule has 0 bridgehead atoms. The summed E-state index contributed by atoms with van der Waals surface area (Å²) in [4.78, 5) is 25.1. The number of nitrogens with one attached hydrogen (secondary N) is 1. The van der Waals surface area contributed by atoms with Gasteiger partial charge in [0.2, 0.25) is 0 Å². The highest BCUT2D eigenvalue weighted by Gasteiger charge is 2.19. The summed E-state index contributed by atoms with van der Waals surface area (Å²) in [6.07, 6.45) is 1.04. The van der Waals surface area contributed by atoms with E-state index < -0.39 is 18.0 Å². The minimum absolute atomic E-state index is 0.408. The van der Waals surface area contributed by atoms with Gasteiger partial charge in [0.05, 0.1) is 5.56 Å². The monoisotopic (exact) mass is 349 g/mol. The Labute approximate surface area is 144 Å². The molecule has 2 aromatic carbocycles. The van der Waals surface area contributed by atoms with Crippen molar-refractivity contribution in [1.29, 1.82) is 0 Å². The maximum absolute atomic E-state index is 12.1. The minimum Gasteiger partial charge on any atom is -0.449 e. The van der Waals surface area contributed by atoms with Gasteiger partial charge < -0.3 is 10.1 Å². The van der Waals surface area contributed by atoms with Crippen LogP contribution in [0.1, 0.15) is 17.3 Å². The summed E-state index contributed by atoms with van der Waals surface area (Å²) in [5.74, 6) is -0.951. The summed E-state index contributed by atoms with van der Waals surface area (Å²) in [6.45, 7) is 1.52. The van der Waals surface area contributed by atoms with Gasteiger partial charge in [-0.25, -0.2) is 4.79 Å². The SMILES string of the molecule is CSc1ccc(C(=O)O[C@H](C)C(=O)Nc2cccc(Cl)c2)cc1. The molecule has 0 fully saturated rings. The molecule has 23 heavy (non-hydrogen) atoms. The van der Waals surface area contributed by atoms with Crippen LogP contribution in [0.5, 0.6) is 0 Å². The average molecular weight is 350 g/mol. The molecular weight excluding hydrogens is 334 g/mol. The molecule has 1 atom stereocenters. The molecule has 6 heteroatoms. The smallest absolute Gasteiger partial charge is 0.338 e. The van der Waals surface area contributed by atoms with Crippen molar-refractivity contribution < 1.29 is 14.3 Å². The summed E-state index contributed by atoms with van der Waals surface area (Å²) in [5.41, 5.74) is 0.958. The third-order valence-electron chi connectivity index (χ3n) is 3.07. The fourth-order valence-electron chi connectivity index (χ4n) is 1.82. The number of esters is 1. The predicted molar refractivity (Wildman–Crippen MR) is 93.2 cm³/mol. The molecule has 0 aliphatic heterocycles. The third kappa shape index (κ3) is 5.01. The van der Waals surface area contributed by atoms with Gasteiger partial charge in [-0.05, 0) is 55.6 Å². The number of carbonyl (C=O) groups excluding carboxylic acids is 2. The standard InChI is InChI=1S/C17H16ClNO3S/c1-11(16(20)19-14-5-3-4-13(18)10-14)22-17(21)12-6-8-15(23-2)9-7-12/h3-11H,1-2H3,(H,19,20)/t11-/m1/s1. The number of halogens is 1. The van der Waals surface area contributed by atoms with Gasteiger partial charge in [0.15, 0.2) is 6.10 Å². The predicted octanol–water partition coefficient (Wildman–Crippen LogP) is 4.25. The molecule has 0 aliphatic rings. The van der Waals surface area contributed by atoms with Crippen LogP contribution < -0.4 is 5.32 Å². The van der Waals surface area contributed by atoms with Gasteiger partial charge in [-0.3, -0.25) is 4.79 Å². The lowest BCUT2D eigenvalue weighted by molar-refractivity contribution is -0.123. The lowest BCUT2D eigenvalue weighted by atomic mass is 10.2. The Morgan fingerprint density at radius 2 is 1.87 bits per heavy atom. The van der Waals surface area contributed by atoms with Crippen molar-refractivity contribution in [3.05, 3.63) is 59.1 Å². The largest absolute Gasteiger partial charge is 0.449 e. The molecule has 1 amide bonds. The van der Waals surface area contributed by atoms with Gasteiger partial charge in [-0.2, -0.15) is 0 Å². The van der Waals surface area contributed by atoms with Crippen LogP contribution in [0.2, 0.25) is 5.02 Å². The second-order valence-corrected chi connectivity index (χ2v) is 6.09. The van der Waals surface area contributed by atoms with Gasteiger partial charge >= 0.3 is 5.97 Å². The fraction of sp³-hybridized carbons (Fsp3) is 0.176. The number of carbonyl (C=O) groups is 2. The van der Waals surface area contributed by atoms with Gasteiger partial charge in [0, 0.05) is 15.6 Å². The first-order valence-electron chi connectivity index (χ1n) is 6.91. The minimum atomic E-state index is -0.915. The van der Waals surface area contributed by atoms with E-state index in [-0.39, 0.29) is 0 Å². The van der Waals surface area contributed by atoms with E-state index in [0.717, 1.165) is 4.90 Å². The van der Waals surface area contributed by atoms with Crippen molar-refractivity contribution in [2.45, 2.75) is 17.9 Å². The Hall–Kier alpha value is -1.98. The van der Waals surface area contributed by atoms with Crippen LogP contribution in [0.3, 0.4) is 0 Å². The van der Waals surface area contributed by atoms with Crippen molar-refractivity contribution >= 4 is 40.9 Å². The number of benzene rings is 2. The number of anilines is 1. The number of thioether (sulfide) groups is 1. The van der Waals surface area contributed by atoms with Crippen LogP contribution >= 0.6 is 23.4 Å². The molecule has 0 saturated heterocycles. The van der Waals surface area contributed by atoms with Crippen LogP contribution in [-0.4, -0.2) is 24.2 Å². The lowest BCUT2D eigenvalue weighted by Crippen LogP contribution is -2.30. The molecule has 2 aromatic rings. The topological polar surface area (TPSA) is 55.4 Å². The number of rotatable bonds is 5. The van der Waals surface area contributed by atoms with Gasteiger partial charge in [-0.15, -0.1) is 11.8 Å². The number of ether oxygens (including phenoxy) is 1. The van der Waals surface area contributed by atoms with Crippen LogP contribution in [-0.2, 0) is 9.53 Å². The molecule has 0 radical (unpaired) electrons. The van der Waals surface area contributed by atoms with Crippen LogP contribution in [0.15, 0.2) is 53.4 Å². The number of amides is 1. The summed E-state index contributed by atoms with van der Waals surface area (Å²) in [6, 6.07) is 13.8.